The van der Waals surface area contributed by atoms with E-state index < -0.39 is 12.1 Å². The van der Waals surface area contributed by atoms with E-state index in [4.69, 9.17) is 14.9 Å². The summed E-state index contributed by atoms with van der Waals surface area (Å²) in [6, 6.07) is 3.57. The third kappa shape index (κ3) is 5.26. The number of aromatic nitrogens is 3. The largest absolute Gasteiger partial charge is 0.476 e. The van der Waals surface area contributed by atoms with Crippen molar-refractivity contribution in [3.05, 3.63) is 35.9 Å². The van der Waals surface area contributed by atoms with Gasteiger partial charge in [0.1, 0.15) is 0 Å². The molecule has 0 amide bonds. The van der Waals surface area contributed by atoms with Gasteiger partial charge < -0.3 is 25.4 Å². The van der Waals surface area contributed by atoms with Crippen LogP contribution < -0.4 is 5.32 Å². The SMILES string of the molecule is Cc1c(-c2cccnc2C(=O)O)cnn1CC12CC3(C)CC(C)(C1)CC(OCCNCC[C@H](O)CO)(C3)C2. The maximum atomic E-state index is 11.8. The van der Waals surface area contributed by atoms with Crippen molar-refractivity contribution in [1.82, 2.24) is 20.1 Å². The molecular weight excluding hydrogens is 484 g/mol. The van der Waals surface area contributed by atoms with E-state index in [0.717, 1.165) is 56.5 Å². The second-order valence-electron chi connectivity index (χ2n) is 13.1. The Morgan fingerprint density at radius 2 is 1.87 bits per heavy atom. The lowest BCUT2D eigenvalue weighted by atomic mass is 9.39. The number of hydrogen-bond acceptors (Lipinski definition) is 7. The van der Waals surface area contributed by atoms with Crippen LogP contribution in [-0.4, -0.2) is 74.1 Å². The molecule has 6 rings (SSSR count). The summed E-state index contributed by atoms with van der Waals surface area (Å²) >= 11 is 0. The Bertz CT molecular complexity index is 1160. The number of aromatic carboxylic acids is 1. The average Bonchev–Trinajstić information content (AvgIpc) is 3.17. The van der Waals surface area contributed by atoms with E-state index >= 15 is 0 Å². The Hall–Kier alpha value is -2.33. The fraction of sp³-hybridized carbons (Fsp3) is 0.690. The van der Waals surface area contributed by atoms with Gasteiger partial charge in [0.2, 0.25) is 0 Å². The van der Waals surface area contributed by atoms with Gasteiger partial charge in [0, 0.05) is 36.1 Å². The zero-order chi connectivity index (χ0) is 27.2. The van der Waals surface area contributed by atoms with Crippen LogP contribution in [0.1, 0.15) is 75.0 Å². The molecule has 2 heterocycles. The van der Waals surface area contributed by atoms with Crippen LogP contribution in [0.15, 0.2) is 24.5 Å². The van der Waals surface area contributed by atoms with Crippen LogP contribution >= 0.6 is 0 Å². The molecule has 0 spiro atoms. The molecule has 4 aliphatic carbocycles. The van der Waals surface area contributed by atoms with Crippen LogP contribution in [-0.2, 0) is 11.3 Å². The highest BCUT2D eigenvalue weighted by Crippen LogP contribution is 2.72. The van der Waals surface area contributed by atoms with Gasteiger partial charge in [-0.25, -0.2) is 9.78 Å². The molecule has 3 atom stereocenters. The van der Waals surface area contributed by atoms with Gasteiger partial charge in [-0.2, -0.15) is 5.10 Å². The smallest absolute Gasteiger partial charge is 0.355 e. The number of aliphatic hydroxyl groups excluding tert-OH is 2. The van der Waals surface area contributed by atoms with Crippen molar-refractivity contribution >= 4 is 5.97 Å². The zero-order valence-corrected chi connectivity index (χ0v) is 22.9. The number of rotatable bonds is 12. The second kappa shape index (κ2) is 10.0. The molecule has 38 heavy (non-hydrogen) atoms. The lowest BCUT2D eigenvalue weighted by molar-refractivity contribution is -0.247. The number of pyridine rings is 1. The maximum Gasteiger partial charge on any atom is 0.355 e. The summed E-state index contributed by atoms with van der Waals surface area (Å²) in [5.41, 5.74) is 2.84. The third-order valence-electron chi connectivity index (χ3n) is 9.09. The summed E-state index contributed by atoms with van der Waals surface area (Å²) in [7, 11) is 0. The minimum Gasteiger partial charge on any atom is -0.476 e. The number of carboxylic acid groups (broad SMARTS) is 1. The van der Waals surface area contributed by atoms with Gasteiger partial charge in [0.15, 0.2) is 5.69 Å². The number of carbonyl (C=O) groups is 1. The van der Waals surface area contributed by atoms with Crippen LogP contribution in [0.4, 0.5) is 0 Å². The van der Waals surface area contributed by atoms with Gasteiger partial charge in [-0.15, -0.1) is 0 Å². The fourth-order valence-corrected chi connectivity index (χ4v) is 8.96. The van der Waals surface area contributed by atoms with Crippen LogP contribution in [0.25, 0.3) is 11.1 Å². The first kappa shape index (κ1) is 27.2. The Kier molecular flexibility index (Phi) is 7.18. The molecular formula is C29H42N4O5. The zero-order valence-electron chi connectivity index (χ0n) is 22.9. The van der Waals surface area contributed by atoms with Crippen molar-refractivity contribution in [3.8, 4) is 11.1 Å². The molecule has 0 aliphatic heterocycles. The predicted molar refractivity (Wildman–Crippen MR) is 143 cm³/mol. The van der Waals surface area contributed by atoms with Gasteiger partial charge in [-0.1, -0.05) is 19.9 Å². The molecule has 4 fully saturated rings. The molecule has 4 N–H and O–H groups in total. The molecule has 9 heteroatoms. The molecule has 0 aromatic carbocycles. The number of nitrogens with one attached hydrogen (secondary N) is 1. The number of aliphatic hydroxyl groups is 2. The minimum atomic E-state index is -1.03. The van der Waals surface area contributed by atoms with Crippen molar-refractivity contribution in [2.45, 2.75) is 84.0 Å². The van der Waals surface area contributed by atoms with E-state index in [2.05, 4.69) is 28.8 Å². The normalized spacial score (nSPS) is 32.6. The first-order valence-electron chi connectivity index (χ1n) is 13.8. The Morgan fingerprint density at radius 1 is 1.13 bits per heavy atom. The van der Waals surface area contributed by atoms with E-state index in [1.165, 1.54) is 12.6 Å². The van der Waals surface area contributed by atoms with Crippen LogP contribution in [0, 0.1) is 23.2 Å². The quantitative estimate of drug-likeness (QED) is 0.310. The Balaban J connectivity index is 1.33. The molecule has 2 unspecified atom stereocenters. The van der Waals surface area contributed by atoms with Gasteiger partial charge in [-0.05, 0) is 80.7 Å². The lowest BCUT2D eigenvalue weighted by Gasteiger charge is -2.69. The summed E-state index contributed by atoms with van der Waals surface area (Å²) in [6.45, 7) is 9.48. The van der Waals surface area contributed by atoms with Gasteiger partial charge in [0.05, 0.1) is 31.1 Å². The first-order chi connectivity index (χ1) is 18.0. The fourth-order valence-electron chi connectivity index (χ4n) is 8.96. The molecule has 2 aromatic rings. The minimum absolute atomic E-state index is 0.0526. The molecule has 0 saturated heterocycles. The number of carboxylic acids is 1. The van der Waals surface area contributed by atoms with Gasteiger partial charge >= 0.3 is 5.97 Å². The number of ether oxygens (including phenoxy) is 1. The summed E-state index contributed by atoms with van der Waals surface area (Å²) in [5, 5.41) is 36.3. The molecule has 4 saturated carbocycles. The molecule has 9 nitrogen and oxygen atoms in total. The first-order valence-corrected chi connectivity index (χ1v) is 13.8. The lowest BCUT2D eigenvalue weighted by Crippen LogP contribution is -2.64. The highest BCUT2D eigenvalue weighted by atomic mass is 16.5. The molecule has 4 bridgehead atoms. The number of hydrogen-bond donors (Lipinski definition) is 4. The molecule has 208 valence electrons. The van der Waals surface area contributed by atoms with Crippen molar-refractivity contribution in [2.24, 2.45) is 16.2 Å². The van der Waals surface area contributed by atoms with Crippen LogP contribution in [0.2, 0.25) is 0 Å². The molecule has 2 aromatic heterocycles. The topological polar surface area (TPSA) is 130 Å². The van der Waals surface area contributed by atoms with E-state index in [0.29, 0.717) is 25.1 Å². The standard InChI is InChI=1S/C29H42N4O5/c1-20-23(22-5-4-7-31-24(22)25(36)37)11-32-33(20)19-28-14-26(2)13-27(3,15-28)17-29(16-26,18-28)38-10-9-30-8-6-21(35)12-34/h4-5,7,11,21,30,34-35H,6,8-10,12-19H2,1-3H3,(H,36,37)/t21-,26?,27?,28?,29?/m0/s1. The summed E-state index contributed by atoms with van der Waals surface area (Å²) in [5.74, 6) is -1.03. The van der Waals surface area contributed by atoms with E-state index in [-0.39, 0.29) is 34.1 Å². The van der Waals surface area contributed by atoms with Crippen molar-refractivity contribution in [3.63, 3.8) is 0 Å². The second-order valence-corrected chi connectivity index (χ2v) is 13.1. The van der Waals surface area contributed by atoms with Gasteiger partial charge in [-0.3, -0.25) is 4.68 Å². The third-order valence-corrected chi connectivity index (χ3v) is 9.09. The van der Waals surface area contributed by atoms with Crippen molar-refractivity contribution in [1.29, 1.82) is 0 Å². The van der Waals surface area contributed by atoms with Crippen LogP contribution in [0.3, 0.4) is 0 Å². The highest BCUT2D eigenvalue weighted by molar-refractivity contribution is 5.94. The summed E-state index contributed by atoms with van der Waals surface area (Å²) < 4.78 is 8.82. The van der Waals surface area contributed by atoms with Crippen molar-refractivity contribution < 1.29 is 24.9 Å². The predicted octanol–water partition coefficient (Wildman–Crippen LogP) is 3.42. The maximum absolute atomic E-state index is 11.8. The molecule has 4 aliphatic rings. The Morgan fingerprint density at radius 3 is 2.55 bits per heavy atom. The average molecular weight is 527 g/mol. The highest BCUT2D eigenvalue weighted by Gasteiger charge is 2.66. The number of nitrogens with zero attached hydrogens (tertiary/aromatic N) is 3. The van der Waals surface area contributed by atoms with E-state index in [1.807, 2.05) is 6.92 Å². The summed E-state index contributed by atoms with van der Waals surface area (Å²) in [4.78, 5) is 15.9. The molecule has 0 radical (unpaired) electrons. The van der Waals surface area contributed by atoms with E-state index in [9.17, 15) is 15.0 Å². The van der Waals surface area contributed by atoms with Crippen LogP contribution in [0.5, 0.6) is 0 Å². The van der Waals surface area contributed by atoms with Crippen molar-refractivity contribution in [2.75, 3.05) is 26.3 Å². The van der Waals surface area contributed by atoms with Gasteiger partial charge in [0.25, 0.3) is 0 Å². The Labute approximate surface area is 224 Å². The van der Waals surface area contributed by atoms with E-state index in [1.54, 1.807) is 18.3 Å². The monoisotopic (exact) mass is 526 g/mol. The summed E-state index contributed by atoms with van der Waals surface area (Å²) in [6.07, 6.45) is 9.86.